The minimum atomic E-state index is -0.519. The van der Waals surface area contributed by atoms with E-state index in [2.05, 4.69) is 10.3 Å². The van der Waals surface area contributed by atoms with E-state index in [4.69, 9.17) is 4.74 Å². The molecule has 0 radical (unpaired) electrons. The molecule has 1 aromatic heterocycles. The maximum Gasteiger partial charge on any atom is 0.230 e. The van der Waals surface area contributed by atoms with Crippen LogP contribution in [0.1, 0.15) is 19.3 Å². The van der Waals surface area contributed by atoms with Crippen LogP contribution in [0.15, 0.2) is 48.8 Å². The van der Waals surface area contributed by atoms with Crippen molar-refractivity contribution in [2.45, 2.75) is 25.4 Å². The van der Waals surface area contributed by atoms with Crippen LogP contribution in [-0.2, 0) is 4.79 Å². The lowest BCUT2D eigenvalue weighted by Crippen LogP contribution is -2.28. The lowest BCUT2D eigenvalue weighted by Gasteiger charge is -2.14. The Bertz CT molecular complexity index is 628. The summed E-state index contributed by atoms with van der Waals surface area (Å²) in [5.74, 6) is 0.978. The molecule has 3 rings (SSSR count). The topological polar surface area (TPSA) is 71.5 Å². The van der Waals surface area contributed by atoms with Gasteiger partial charge in [-0.25, -0.2) is 0 Å². The molecule has 5 nitrogen and oxygen atoms in total. The number of aliphatic hydroxyl groups is 1. The third kappa shape index (κ3) is 3.43. The van der Waals surface area contributed by atoms with E-state index in [1.165, 1.54) is 0 Å². The zero-order valence-corrected chi connectivity index (χ0v) is 12.1. The average molecular weight is 298 g/mol. The molecule has 1 fully saturated rings. The van der Waals surface area contributed by atoms with Gasteiger partial charge in [0.25, 0.3) is 0 Å². The molecular formula is C17H18N2O3. The Morgan fingerprint density at radius 1 is 1.09 bits per heavy atom. The lowest BCUT2D eigenvalue weighted by molar-refractivity contribution is -0.122. The van der Waals surface area contributed by atoms with E-state index in [-0.39, 0.29) is 11.8 Å². The van der Waals surface area contributed by atoms with Crippen molar-refractivity contribution in [3.8, 4) is 11.5 Å². The number of anilines is 1. The highest BCUT2D eigenvalue weighted by Crippen LogP contribution is 2.27. The molecule has 2 aromatic rings. The number of benzene rings is 1. The number of hydrogen-bond acceptors (Lipinski definition) is 4. The van der Waals surface area contributed by atoms with Crippen LogP contribution in [0.2, 0.25) is 0 Å². The number of carbonyl (C=O) groups excluding carboxylic acids is 1. The highest BCUT2D eigenvalue weighted by Gasteiger charge is 2.31. The number of nitrogens with one attached hydrogen (secondary N) is 1. The van der Waals surface area contributed by atoms with Gasteiger partial charge in [0.2, 0.25) is 5.91 Å². The van der Waals surface area contributed by atoms with Crippen LogP contribution in [0.3, 0.4) is 0 Å². The molecular weight excluding hydrogens is 280 g/mol. The van der Waals surface area contributed by atoms with E-state index < -0.39 is 6.10 Å². The smallest absolute Gasteiger partial charge is 0.230 e. The summed E-state index contributed by atoms with van der Waals surface area (Å²) in [6.45, 7) is 0. The van der Waals surface area contributed by atoms with Crippen LogP contribution < -0.4 is 10.1 Å². The van der Waals surface area contributed by atoms with Crippen LogP contribution in [0, 0.1) is 5.92 Å². The Morgan fingerprint density at radius 2 is 1.77 bits per heavy atom. The second-order valence-electron chi connectivity index (χ2n) is 5.40. The van der Waals surface area contributed by atoms with Gasteiger partial charge in [-0.1, -0.05) is 0 Å². The van der Waals surface area contributed by atoms with Crippen molar-refractivity contribution in [3.05, 3.63) is 48.8 Å². The van der Waals surface area contributed by atoms with Gasteiger partial charge in [0, 0.05) is 18.1 Å². The molecule has 2 atom stereocenters. The molecule has 2 N–H and O–H groups in total. The highest BCUT2D eigenvalue weighted by molar-refractivity contribution is 5.93. The molecule has 1 aromatic carbocycles. The Balaban J connectivity index is 1.61. The molecule has 1 saturated carbocycles. The van der Waals surface area contributed by atoms with Crippen LogP contribution in [0.4, 0.5) is 5.69 Å². The Morgan fingerprint density at radius 3 is 2.41 bits per heavy atom. The van der Waals surface area contributed by atoms with Gasteiger partial charge in [-0.05, 0) is 55.7 Å². The van der Waals surface area contributed by atoms with E-state index in [1.807, 2.05) is 0 Å². The third-order valence-corrected chi connectivity index (χ3v) is 3.82. The predicted molar refractivity (Wildman–Crippen MR) is 82.7 cm³/mol. The summed E-state index contributed by atoms with van der Waals surface area (Å²) in [7, 11) is 0. The molecule has 0 bridgehead atoms. The first kappa shape index (κ1) is 14.5. The van der Waals surface area contributed by atoms with Crippen LogP contribution >= 0.6 is 0 Å². The number of aromatic nitrogens is 1. The van der Waals surface area contributed by atoms with Gasteiger partial charge in [0.1, 0.15) is 11.5 Å². The molecule has 22 heavy (non-hydrogen) atoms. The number of hydrogen-bond donors (Lipinski definition) is 2. The maximum absolute atomic E-state index is 12.1. The van der Waals surface area contributed by atoms with E-state index in [0.29, 0.717) is 23.6 Å². The largest absolute Gasteiger partial charge is 0.457 e. The third-order valence-electron chi connectivity index (χ3n) is 3.82. The van der Waals surface area contributed by atoms with Crippen LogP contribution in [0.25, 0.3) is 0 Å². The van der Waals surface area contributed by atoms with Crippen molar-refractivity contribution >= 4 is 11.6 Å². The molecule has 1 amide bonds. The minimum absolute atomic E-state index is 0.118. The maximum atomic E-state index is 12.1. The summed E-state index contributed by atoms with van der Waals surface area (Å²) < 4.78 is 5.66. The molecule has 114 valence electrons. The van der Waals surface area contributed by atoms with Crippen molar-refractivity contribution in [1.82, 2.24) is 4.98 Å². The first-order valence-corrected chi connectivity index (χ1v) is 7.39. The van der Waals surface area contributed by atoms with Crippen LogP contribution in [-0.4, -0.2) is 22.1 Å². The van der Waals surface area contributed by atoms with Gasteiger partial charge in [-0.3, -0.25) is 9.78 Å². The molecule has 1 aliphatic rings. The zero-order chi connectivity index (χ0) is 15.4. The fraction of sp³-hybridized carbons (Fsp3) is 0.294. The lowest BCUT2D eigenvalue weighted by atomic mass is 10.1. The SMILES string of the molecule is O=C(Nc1ccc(Oc2ccncc2)cc1)C1CCCC1O. The molecule has 2 unspecified atom stereocenters. The van der Waals surface area contributed by atoms with Gasteiger partial charge < -0.3 is 15.2 Å². The first-order chi connectivity index (χ1) is 10.7. The van der Waals surface area contributed by atoms with E-state index in [0.717, 1.165) is 12.8 Å². The number of rotatable bonds is 4. The number of ether oxygens (including phenoxy) is 1. The minimum Gasteiger partial charge on any atom is -0.457 e. The molecule has 0 aliphatic heterocycles. The number of amides is 1. The van der Waals surface area contributed by atoms with E-state index >= 15 is 0 Å². The molecule has 0 spiro atoms. The summed E-state index contributed by atoms with van der Waals surface area (Å²) in [6, 6.07) is 10.7. The number of aliphatic hydroxyl groups excluding tert-OH is 1. The zero-order valence-electron chi connectivity index (χ0n) is 12.1. The van der Waals surface area contributed by atoms with Crippen molar-refractivity contribution in [3.63, 3.8) is 0 Å². The van der Waals surface area contributed by atoms with Crippen LogP contribution in [0.5, 0.6) is 11.5 Å². The monoisotopic (exact) mass is 298 g/mol. The normalized spacial score (nSPS) is 20.6. The fourth-order valence-corrected chi connectivity index (χ4v) is 2.63. The number of nitrogens with zero attached hydrogens (tertiary/aromatic N) is 1. The molecule has 1 aliphatic carbocycles. The number of carbonyl (C=O) groups is 1. The van der Waals surface area contributed by atoms with Crippen molar-refractivity contribution in [1.29, 1.82) is 0 Å². The molecule has 1 heterocycles. The van der Waals surface area contributed by atoms with Crippen molar-refractivity contribution in [2.24, 2.45) is 5.92 Å². The predicted octanol–water partition coefficient (Wildman–Crippen LogP) is 2.97. The van der Waals surface area contributed by atoms with E-state index in [1.54, 1.807) is 48.8 Å². The average Bonchev–Trinajstić information content (AvgIpc) is 2.96. The highest BCUT2D eigenvalue weighted by atomic mass is 16.5. The van der Waals surface area contributed by atoms with Crippen molar-refractivity contribution in [2.75, 3.05) is 5.32 Å². The quantitative estimate of drug-likeness (QED) is 0.910. The van der Waals surface area contributed by atoms with Crippen molar-refractivity contribution < 1.29 is 14.6 Å². The summed E-state index contributed by atoms with van der Waals surface area (Å²) in [5, 5.41) is 12.6. The summed E-state index contributed by atoms with van der Waals surface area (Å²) in [4.78, 5) is 16.0. The Kier molecular flexibility index (Phi) is 4.34. The van der Waals surface area contributed by atoms with Gasteiger partial charge in [0.15, 0.2) is 0 Å². The van der Waals surface area contributed by atoms with E-state index in [9.17, 15) is 9.90 Å². The second-order valence-corrected chi connectivity index (χ2v) is 5.40. The van der Waals surface area contributed by atoms with Gasteiger partial charge in [0.05, 0.1) is 12.0 Å². The first-order valence-electron chi connectivity index (χ1n) is 7.39. The number of pyridine rings is 1. The fourth-order valence-electron chi connectivity index (χ4n) is 2.63. The van der Waals surface area contributed by atoms with Gasteiger partial charge >= 0.3 is 0 Å². The summed E-state index contributed by atoms with van der Waals surface area (Å²) in [5.41, 5.74) is 0.700. The summed E-state index contributed by atoms with van der Waals surface area (Å²) in [6.07, 6.45) is 5.16. The second kappa shape index (κ2) is 6.58. The summed E-state index contributed by atoms with van der Waals surface area (Å²) >= 11 is 0. The Labute approximate surface area is 129 Å². The van der Waals surface area contributed by atoms with Gasteiger partial charge in [-0.2, -0.15) is 0 Å². The molecule has 0 saturated heterocycles. The standard InChI is InChI=1S/C17H18N2O3/c20-16-3-1-2-15(16)17(21)19-12-4-6-13(7-5-12)22-14-8-10-18-11-9-14/h4-11,15-16,20H,1-3H2,(H,19,21). The Hall–Kier alpha value is -2.40. The molecule has 5 heteroatoms. The van der Waals surface area contributed by atoms with Gasteiger partial charge in [-0.15, -0.1) is 0 Å².